The Hall–Kier alpha value is -5.05. The zero-order valence-electron chi connectivity index (χ0n) is 26.7. The van der Waals surface area contributed by atoms with Gasteiger partial charge in [0.05, 0.1) is 6.42 Å². The quantitative estimate of drug-likeness (QED) is 0.168. The molecule has 3 unspecified atom stereocenters. The molecule has 12 nitrogen and oxygen atoms in total. The van der Waals surface area contributed by atoms with Crippen LogP contribution in [0.15, 0.2) is 48.5 Å². The highest BCUT2D eigenvalue weighted by Crippen LogP contribution is 2.32. The third-order valence-electron chi connectivity index (χ3n) is 6.13. The predicted molar refractivity (Wildman–Crippen MR) is 166 cm³/mol. The Bertz CT molecular complexity index is 1440. The summed E-state index contributed by atoms with van der Waals surface area (Å²) < 4.78 is 10.8. The second kappa shape index (κ2) is 15.1. The number of aromatic hydroxyl groups is 1. The number of primary amides is 1. The van der Waals surface area contributed by atoms with Crippen molar-refractivity contribution >= 4 is 29.8 Å². The summed E-state index contributed by atoms with van der Waals surface area (Å²) in [6, 6.07) is 10.9. The summed E-state index contributed by atoms with van der Waals surface area (Å²) in [6.45, 7) is 11.4. The summed E-state index contributed by atoms with van der Waals surface area (Å²) in [5.74, 6) is -4.05. The smallest absolute Gasteiger partial charge is 0.408 e. The maximum absolute atomic E-state index is 14.1. The number of aryl methyl sites for hydroxylation is 1. The third-order valence-corrected chi connectivity index (χ3v) is 6.13. The summed E-state index contributed by atoms with van der Waals surface area (Å²) in [4.78, 5) is 66.4. The van der Waals surface area contributed by atoms with E-state index in [2.05, 4.69) is 16.7 Å². The highest BCUT2D eigenvalue weighted by molar-refractivity contribution is 5.97. The largest absolute Gasteiger partial charge is 0.507 e. The van der Waals surface area contributed by atoms with Crippen LogP contribution in [0, 0.1) is 19.4 Å². The number of nitrogens with two attached hydrogens (primary N) is 1. The second-order valence-corrected chi connectivity index (χ2v) is 12.4. The van der Waals surface area contributed by atoms with E-state index in [0.29, 0.717) is 16.0 Å². The number of hydrogen-bond acceptors (Lipinski definition) is 8. The Balaban J connectivity index is 2.61. The van der Waals surface area contributed by atoms with Crippen LogP contribution >= 0.6 is 0 Å². The van der Waals surface area contributed by atoms with Crippen LogP contribution in [0.2, 0.25) is 0 Å². The van der Waals surface area contributed by atoms with Gasteiger partial charge in [-0.3, -0.25) is 19.3 Å². The highest BCUT2D eigenvalue weighted by atomic mass is 16.6. The number of amides is 4. The first-order chi connectivity index (χ1) is 20.8. The molecule has 0 heterocycles. The number of benzene rings is 2. The number of nitrogens with one attached hydrogen (secondary N) is 2. The Kier molecular flexibility index (Phi) is 12.1. The number of terminal acetylenes is 1. The van der Waals surface area contributed by atoms with Gasteiger partial charge in [-0.2, -0.15) is 0 Å². The van der Waals surface area contributed by atoms with Crippen molar-refractivity contribution in [1.82, 2.24) is 15.5 Å². The van der Waals surface area contributed by atoms with Crippen LogP contribution in [0.5, 0.6) is 5.75 Å². The Labute approximate surface area is 263 Å². The minimum absolute atomic E-state index is 0.0303. The average molecular weight is 623 g/mol. The molecular formula is C33H42N4O8. The van der Waals surface area contributed by atoms with Crippen molar-refractivity contribution in [2.45, 2.75) is 90.6 Å². The molecule has 0 radical (unpaired) electrons. The lowest BCUT2D eigenvalue weighted by atomic mass is 9.98. The Morgan fingerprint density at radius 2 is 1.51 bits per heavy atom. The fraction of sp³-hybridized carbons (Fsp3) is 0.424. The number of carbonyl (C=O) groups is 5. The van der Waals surface area contributed by atoms with Crippen molar-refractivity contribution in [2.75, 3.05) is 0 Å². The molecule has 0 bridgehead atoms. The van der Waals surface area contributed by atoms with Crippen molar-refractivity contribution in [3.8, 4) is 18.2 Å². The van der Waals surface area contributed by atoms with Gasteiger partial charge in [-0.25, -0.2) is 9.59 Å². The Morgan fingerprint density at radius 1 is 0.911 bits per heavy atom. The number of para-hydroxylation sites is 1. The first-order valence-corrected chi connectivity index (χ1v) is 14.3. The summed E-state index contributed by atoms with van der Waals surface area (Å²) >= 11 is 0. The fourth-order valence-electron chi connectivity index (χ4n) is 4.25. The molecule has 45 heavy (non-hydrogen) atoms. The summed E-state index contributed by atoms with van der Waals surface area (Å²) in [5, 5.41) is 15.9. The van der Waals surface area contributed by atoms with Gasteiger partial charge in [-0.15, -0.1) is 0 Å². The van der Waals surface area contributed by atoms with Crippen LogP contribution in [0.4, 0.5) is 4.79 Å². The lowest BCUT2D eigenvalue weighted by molar-refractivity contribution is -0.159. The highest BCUT2D eigenvalue weighted by Gasteiger charge is 2.39. The third kappa shape index (κ3) is 11.2. The first kappa shape index (κ1) is 36.1. The zero-order valence-corrected chi connectivity index (χ0v) is 26.7. The minimum Gasteiger partial charge on any atom is -0.507 e. The molecule has 0 aliphatic heterocycles. The van der Waals surface area contributed by atoms with Crippen LogP contribution < -0.4 is 16.4 Å². The average Bonchev–Trinajstić information content (AvgIpc) is 2.90. The van der Waals surface area contributed by atoms with Gasteiger partial charge in [0.25, 0.3) is 5.91 Å². The molecule has 242 valence electrons. The van der Waals surface area contributed by atoms with Crippen LogP contribution in [0.1, 0.15) is 70.7 Å². The van der Waals surface area contributed by atoms with Crippen LogP contribution in [0.3, 0.4) is 0 Å². The lowest BCUT2D eigenvalue weighted by Gasteiger charge is -2.32. The topological polar surface area (TPSA) is 177 Å². The van der Waals surface area contributed by atoms with Crippen molar-refractivity contribution in [3.05, 3.63) is 65.2 Å². The molecule has 0 saturated heterocycles. The number of rotatable bonds is 11. The van der Waals surface area contributed by atoms with Crippen molar-refractivity contribution < 1.29 is 38.6 Å². The van der Waals surface area contributed by atoms with E-state index in [0.717, 1.165) is 0 Å². The number of phenols is 1. The van der Waals surface area contributed by atoms with Gasteiger partial charge in [0.15, 0.2) is 6.04 Å². The van der Waals surface area contributed by atoms with Crippen molar-refractivity contribution in [2.24, 2.45) is 5.73 Å². The molecule has 0 aliphatic rings. The molecule has 0 saturated carbocycles. The summed E-state index contributed by atoms with van der Waals surface area (Å²) in [5.41, 5.74) is 4.53. The second-order valence-electron chi connectivity index (χ2n) is 12.4. The monoisotopic (exact) mass is 622 g/mol. The molecule has 0 aliphatic carbocycles. The van der Waals surface area contributed by atoms with E-state index in [1.165, 1.54) is 6.07 Å². The molecule has 3 atom stereocenters. The molecule has 2 aromatic rings. The van der Waals surface area contributed by atoms with Crippen LogP contribution in [0.25, 0.3) is 0 Å². The minimum atomic E-state index is -1.72. The SMILES string of the molecule is C#CN(C(=O)C(CC(N)=O)NC(=O)OC(C)(C)C)C(C(=O)NC(Cc1ccccc1)C(=O)OC(C)(C)C)c1cccc(C)c1O. The summed E-state index contributed by atoms with van der Waals surface area (Å²) in [6.07, 6.45) is 4.09. The molecular weight excluding hydrogens is 580 g/mol. The van der Waals surface area contributed by atoms with Gasteiger partial charge in [0.2, 0.25) is 11.8 Å². The normalized spacial score (nSPS) is 13.3. The number of hydrogen-bond donors (Lipinski definition) is 4. The van der Waals surface area contributed by atoms with Crippen LogP contribution in [-0.4, -0.2) is 63.1 Å². The maximum atomic E-state index is 14.1. The van der Waals surface area contributed by atoms with Gasteiger partial charge in [-0.05, 0) is 59.6 Å². The molecule has 0 spiro atoms. The number of phenolic OH excluding ortho intramolecular Hbond substituents is 1. The van der Waals surface area contributed by atoms with Crippen molar-refractivity contribution in [3.63, 3.8) is 0 Å². The molecule has 5 N–H and O–H groups in total. The molecule has 0 aromatic heterocycles. The van der Waals surface area contributed by atoms with E-state index in [1.54, 1.807) is 90.9 Å². The maximum Gasteiger partial charge on any atom is 0.408 e. The Morgan fingerprint density at radius 3 is 2.04 bits per heavy atom. The van der Waals surface area contributed by atoms with Crippen LogP contribution in [-0.2, 0) is 35.1 Å². The number of ether oxygens (including phenoxy) is 2. The number of esters is 1. The standard InChI is InChI=1S/C33H42N4O8/c1-9-37(29(41)23(19-25(34)38)36-31(43)45-33(6,7)8)26(22-17-13-14-20(2)27(22)39)28(40)35-24(30(42)44-32(3,4)5)18-21-15-11-10-12-16-21/h1,10-17,23-24,26,39H,18-19H2,2-8H3,(H2,34,38)(H,35,40)(H,36,43). The van der Waals surface area contributed by atoms with E-state index in [-0.39, 0.29) is 17.7 Å². The zero-order chi connectivity index (χ0) is 34.1. The number of carbonyl (C=O) groups excluding carboxylic acids is 5. The molecule has 12 heteroatoms. The van der Waals surface area contributed by atoms with E-state index < -0.39 is 65.5 Å². The van der Waals surface area contributed by atoms with E-state index in [1.807, 2.05) is 0 Å². The van der Waals surface area contributed by atoms with E-state index >= 15 is 0 Å². The van der Waals surface area contributed by atoms with Gasteiger partial charge >= 0.3 is 12.1 Å². The van der Waals surface area contributed by atoms with Gasteiger partial charge in [0, 0.05) is 18.0 Å². The molecule has 0 fully saturated rings. The molecule has 2 rings (SSSR count). The first-order valence-electron chi connectivity index (χ1n) is 14.3. The van der Waals surface area contributed by atoms with Gasteiger partial charge in [-0.1, -0.05) is 55.0 Å². The fourth-order valence-corrected chi connectivity index (χ4v) is 4.25. The number of nitrogens with zero attached hydrogens (tertiary/aromatic N) is 1. The van der Waals surface area contributed by atoms with E-state index in [9.17, 15) is 29.1 Å². The summed E-state index contributed by atoms with van der Waals surface area (Å²) in [7, 11) is 0. The lowest BCUT2D eigenvalue weighted by Crippen LogP contribution is -2.54. The van der Waals surface area contributed by atoms with E-state index in [4.69, 9.17) is 21.6 Å². The van der Waals surface area contributed by atoms with Gasteiger partial charge < -0.3 is 30.9 Å². The predicted octanol–water partition coefficient (Wildman–Crippen LogP) is 3.00. The number of alkyl carbamates (subject to hydrolysis) is 1. The van der Waals surface area contributed by atoms with Gasteiger partial charge in [0.1, 0.15) is 29.0 Å². The van der Waals surface area contributed by atoms with Crippen molar-refractivity contribution in [1.29, 1.82) is 0 Å². The molecule has 2 aromatic carbocycles. The molecule has 4 amide bonds.